The van der Waals surface area contributed by atoms with Crippen molar-refractivity contribution in [2.24, 2.45) is 0 Å². The molecule has 0 atom stereocenters. The van der Waals surface area contributed by atoms with E-state index >= 15 is 0 Å². The molecule has 5 nitrogen and oxygen atoms in total. The summed E-state index contributed by atoms with van der Waals surface area (Å²) in [6.07, 6.45) is 2.48. The van der Waals surface area contributed by atoms with E-state index in [1.807, 2.05) is 12.1 Å². The first kappa shape index (κ1) is 15.3. The molecule has 1 amide bonds. The van der Waals surface area contributed by atoms with Gasteiger partial charge < -0.3 is 14.4 Å². The molecule has 0 aliphatic carbocycles. The van der Waals surface area contributed by atoms with Crippen molar-refractivity contribution in [1.29, 1.82) is 0 Å². The molecule has 1 aromatic carbocycles. The summed E-state index contributed by atoms with van der Waals surface area (Å²) in [7, 11) is 1.61. The van der Waals surface area contributed by atoms with Gasteiger partial charge in [-0.25, -0.2) is 0 Å². The summed E-state index contributed by atoms with van der Waals surface area (Å²) in [5.41, 5.74) is 2.28. The molecule has 7 heteroatoms. The van der Waals surface area contributed by atoms with Gasteiger partial charge in [0.2, 0.25) is 6.41 Å². The van der Waals surface area contributed by atoms with Crippen LogP contribution in [0.4, 0.5) is 5.69 Å². The number of ether oxygens (including phenoxy) is 2. The highest BCUT2D eigenvalue weighted by molar-refractivity contribution is 9.11. The lowest BCUT2D eigenvalue weighted by molar-refractivity contribution is -0.107. The molecule has 0 unspecified atom stereocenters. The first-order valence-electron chi connectivity index (χ1n) is 6.53. The van der Waals surface area contributed by atoms with E-state index in [-0.39, 0.29) is 0 Å². The standard InChI is InChI=1S/C15H12Br2N2O3/c1-21-14-10(16)6-9(7-11(14)17)13-15-12(2-3-18-13)19(8-20)4-5-22-15/h2-3,6-8H,4-5H2,1H3. The molecule has 0 radical (unpaired) electrons. The van der Waals surface area contributed by atoms with E-state index in [1.54, 1.807) is 24.3 Å². The molecular weight excluding hydrogens is 416 g/mol. The number of anilines is 1. The SMILES string of the molecule is COc1c(Br)cc(-c2nccc3c2OCCN3C=O)cc1Br. The van der Waals surface area contributed by atoms with Crippen molar-refractivity contribution in [3.8, 4) is 22.8 Å². The lowest BCUT2D eigenvalue weighted by Gasteiger charge is -2.27. The van der Waals surface area contributed by atoms with Crippen molar-refractivity contribution in [2.75, 3.05) is 25.2 Å². The molecule has 114 valence electrons. The number of pyridine rings is 1. The van der Waals surface area contributed by atoms with Crippen LogP contribution in [0.2, 0.25) is 0 Å². The van der Waals surface area contributed by atoms with E-state index < -0.39 is 0 Å². The molecule has 0 saturated carbocycles. The number of hydrogen-bond donors (Lipinski definition) is 0. The fourth-order valence-electron chi connectivity index (χ4n) is 2.38. The molecule has 1 aromatic heterocycles. The number of carbonyl (C=O) groups excluding carboxylic acids is 1. The molecule has 2 heterocycles. The third-order valence-corrected chi connectivity index (χ3v) is 4.55. The van der Waals surface area contributed by atoms with Gasteiger partial charge in [0.05, 0.1) is 28.3 Å². The van der Waals surface area contributed by atoms with Crippen molar-refractivity contribution in [3.63, 3.8) is 0 Å². The molecule has 0 spiro atoms. The van der Waals surface area contributed by atoms with E-state index in [1.165, 1.54) is 0 Å². The predicted molar refractivity (Wildman–Crippen MR) is 90.5 cm³/mol. The number of hydrogen-bond acceptors (Lipinski definition) is 4. The third kappa shape index (κ3) is 2.59. The van der Waals surface area contributed by atoms with Crippen LogP contribution in [0, 0.1) is 0 Å². The monoisotopic (exact) mass is 426 g/mol. The molecule has 0 fully saturated rings. The smallest absolute Gasteiger partial charge is 0.214 e. The Bertz CT molecular complexity index is 714. The summed E-state index contributed by atoms with van der Waals surface area (Å²) in [6.45, 7) is 0.985. The van der Waals surface area contributed by atoms with Crippen LogP contribution in [0.1, 0.15) is 0 Å². The number of methoxy groups -OCH3 is 1. The van der Waals surface area contributed by atoms with Crippen LogP contribution in [0.15, 0.2) is 33.3 Å². The minimum absolute atomic E-state index is 0.447. The first-order valence-corrected chi connectivity index (χ1v) is 8.11. The maximum Gasteiger partial charge on any atom is 0.214 e. The number of rotatable bonds is 3. The number of amides is 1. The zero-order valence-corrected chi connectivity index (χ0v) is 14.8. The maximum absolute atomic E-state index is 11.2. The summed E-state index contributed by atoms with van der Waals surface area (Å²) in [5.74, 6) is 1.33. The Morgan fingerprint density at radius 1 is 1.36 bits per heavy atom. The number of nitrogens with zero attached hydrogens (tertiary/aromatic N) is 2. The summed E-state index contributed by atoms with van der Waals surface area (Å²) >= 11 is 6.97. The Hall–Kier alpha value is -1.60. The van der Waals surface area contributed by atoms with Crippen molar-refractivity contribution < 1.29 is 14.3 Å². The fraction of sp³-hybridized carbons (Fsp3) is 0.200. The second-order valence-corrected chi connectivity index (χ2v) is 6.34. The van der Waals surface area contributed by atoms with Gasteiger partial charge in [0.15, 0.2) is 5.75 Å². The number of fused-ring (bicyclic) bond motifs is 1. The van der Waals surface area contributed by atoms with Crippen molar-refractivity contribution in [3.05, 3.63) is 33.3 Å². The molecule has 0 N–H and O–H groups in total. The van der Waals surface area contributed by atoms with Crippen LogP contribution in [0.25, 0.3) is 11.3 Å². The van der Waals surface area contributed by atoms with Crippen LogP contribution in [-0.4, -0.2) is 31.7 Å². The van der Waals surface area contributed by atoms with Crippen molar-refractivity contribution in [1.82, 2.24) is 4.98 Å². The molecule has 22 heavy (non-hydrogen) atoms. The van der Waals surface area contributed by atoms with Gasteiger partial charge in [-0.15, -0.1) is 0 Å². The van der Waals surface area contributed by atoms with Crippen LogP contribution in [-0.2, 0) is 4.79 Å². The first-order chi connectivity index (χ1) is 10.7. The Balaban J connectivity index is 2.16. The Morgan fingerprint density at radius 3 is 2.73 bits per heavy atom. The zero-order chi connectivity index (χ0) is 15.7. The maximum atomic E-state index is 11.2. The van der Waals surface area contributed by atoms with Crippen LogP contribution < -0.4 is 14.4 Å². The highest BCUT2D eigenvalue weighted by atomic mass is 79.9. The largest absolute Gasteiger partial charge is 0.494 e. The van der Waals surface area contributed by atoms with E-state index in [4.69, 9.17) is 9.47 Å². The lowest BCUT2D eigenvalue weighted by Crippen LogP contribution is -2.31. The second-order valence-electron chi connectivity index (χ2n) is 4.63. The minimum Gasteiger partial charge on any atom is -0.494 e. The van der Waals surface area contributed by atoms with Crippen LogP contribution >= 0.6 is 31.9 Å². The highest BCUT2D eigenvalue weighted by Gasteiger charge is 2.23. The second kappa shape index (κ2) is 6.26. The molecule has 1 aliphatic heterocycles. The van der Waals surface area contributed by atoms with E-state index in [0.29, 0.717) is 30.3 Å². The Labute approximate surface area is 144 Å². The van der Waals surface area contributed by atoms with Crippen molar-refractivity contribution in [2.45, 2.75) is 0 Å². The third-order valence-electron chi connectivity index (χ3n) is 3.37. The molecular formula is C15H12Br2N2O3. The molecule has 0 bridgehead atoms. The summed E-state index contributed by atoms with van der Waals surface area (Å²) in [4.78, 5) is 17.2. The van der Waals surface area contributed by atoms with Gasteiger partial charge >= 0.3 is 0 Å². The number of aromatic nitrogens is 1. The molecule has 2 aromatic rings. The van der Waals surface area contributed by atoms with E-state index in [9.17, 15) is 4.79 Å². The van der Waals surface area contributed by atoms with Crippen molar-refractivity contribution >= 4 is 44.0 Å². The van der Waals surface area contributed by atoms with Gasteiger partial charge in [-0.1, -0.05) is 0 Å². The lowest BCUT2D eigenvalue weighted by atomic mass is 10.1. The molecule has 0 saturated heterocycles. The Kier molecular flexibility index (Phi) is 4.35. The average molecular weight is 428 g/mol. The van der Waals surface area contributed by atoms with Gasteiger partial charge in [0, 0.05) is 11.8 Å². The zero-order valence-electron chi connectivity index (χ0n) is 11.7. The Morgan fingerprint density at radius 2 is 2.09 bits per heavy atom. The number of benzene rings is 1. The summed E-state index contributed by atoms with van der Waals surface area (Å²) < 4.78 is 12.7. The normalized spacial score (nSPS) is 13.3. The predicted octanol–water partition coefficient (Wildman–Crippen LogP) is 3.64. The van der Waals surface area contributed by atoms with Gasteiger partial charge in [-0.05, 0) is 50.1 Å². The topological polar surface area (TPSA) is 51.7 Å². The van der Waals surface area contributed by atoms with Crippen LogP contribution in [0.5, 0.6) is 11.5 Å². The minimum atomic E-state index is 0.447. The summed E-state index contributed by atoms with van der Waals surface area (Å²) in [6, 6.07) is 5.60. The molecule has 1 aliphatic rings. The average Bonchev–Trinajstić information content (AvgIpc) is 2.53. The van der Waals surface area contributed by atoms with Gasteiger partial charge in [-0.3, -0.25) is 9.78 Å². The highest BCUT2D eigenvalue weighted by Crippen LogP contribution is 2.42. The summed E-state index contributed by atoms with van der Waals surface area (Å²) in [5, 5.41) is 0. The van der Waals surface area contributed by atoms with Gasteiger partial charge in [0.25, 0.3) is 0 Å². The number of halogens is 2. The van der Waals surface area contributed by atoms with Gasteiger partial charge in [-0.2, -0.15) is 0 Å². The van der Waals surface area contributed by atoms with Crippen LogP contribution in [0.3, 0.4) is 0 Å². The van der Waals surface area contributed by atoms with E-state index in [0.717, 1.165) is 26.6 Å². The van der Waals surface area contributed by atoms with Gasteiger partial charge in [0.1, 0.15) is 18.1 Å². The number of carbonyl (C=O) groups is 1. The van der Waals surface area contributed by atoms with E-state index in [2.05, 4.69) is 36.8 Å². The fourth-order valence-corrected chi connectivity index (χ4v) is 3.89. The molecule has 3 rings (SSSR count). The quantitative estimate of drug-likeness (QED) is 0.701.